The van der Waals surface area contributed by atoms with E-state index in [1.54, 1.807) is 0 Å². The van der Waals surface area contributed by atoms with Gasteiger partial charge in [-0.1, -0.05) is 26.3 Å². The number of halogens is 3. The van der Waals surface area contributed by atoms with Crippen LogP contribution in [-0.4, -0.2) is 4.92 Å². The van der Waals surface area contributed by atoms with Crippen LogP contribution in [0.3, 0.4) is 0 Å². The van der Waals surface area contributed by atoms with E-state index in [9.17, 15) is 23.3 Å². The maximum absolute atomic E-state index is 12.0. The molecule has 0 fully saturated rings. The van der Waals surface area contributed by atoms with Gasteiger partial charge in [0.25, 0.3) is 0 Å². The van der Waals surface area contributed by atoms with Crippen LogP contribution in [-0.2, 0) is 39.5 Å². The van der Waals surface area contributed by atoms with Crippen LogP contribution in [0.4, 0.5) is 18.9 Å². The minimum atomic E-state index is -4.56. The van der Waals surface area contributed by atoms with E-state index < -0.39 is 22.4 Å². The Labute approximate surface area is 123 Å². The monoisotopic (exact) mass is 459 g/mol. The smallest absolute Gasteiger partial charge is 0.813 e. The maximum Gasteiger partial charge on any atom is 2.00 e. The summed E-state index contributed by atoms with van der Waals surface area (Å²) in [6.45, 7) is 4.25. The molecule has 0 unspecified atom stereocenters. The van der Waals surface area contributed by atoms with E-state index in [1.165, 1.54) is 6.42 Å². The number of benzene rings is 1. The first-order valence-corrected chi connectivity index (χ1v) is 4.56. The maximum atomic E-state index is 12.0. The number of nitro groups is 1. The molecule has 0 aliphatic rings. The molecule has 1 aromatic rings. The summed E-state index contributed by atoms with van der Waals surface area (Å²) in [5.41, 5.74) is -1.73. The molecule has 8 heteroatoms. The summed E-state index contributed by atoms with van der Waals surface area (Å²) >= 11 is 0. The van der Waals surface area contributed by atoms with Crippen molar-refractivity contribution in [3.05, 3.63) is 39.9 Å². The molecule has 0 aromatic heterocycles. The second-order valence-corrected chi connectivity index (χ2v) is 2.92. The molecule has 1 rings (SSSR count). The number of nitrogens with zero attached hydrogens (tertiary/aromatic N) is 1. The predicted molar refractivity (Wildman–Crippen MR) is 61.7 cm³/mol. The standard InChI is InChI=1S/C7H3F3NO2.C3H8.Os.H2S/c8-7(9,10)5-2-1-3-6(4-5)11(12)13;1-3-2;;/h1-2,4H;3H2,1-2H3;;1H2/q-1;;+2;/p-1. The molecule has 18 heavy (non-hydrogen) atoms. The van der Waals surface area contributed by atoms with E-state index >= 15 is 0 Å². The molecule has 0 aliphatic carbocycles. The molecule has 0 radical (unpaired) electrons. The Morgan fingerprint density at radius 3 is 2.17 bits per heavy atom. The molecule has 0 atom stereocenters. The number of hydrogen-bond donors (Lipinski definition) is 0. The number of nitro benzene ring substituents is 1. The molecule has 1 aromatic carbocycles. The van der Waals surface area contributed by atoms with Gasteiger partial charge in [0.2, 0.25) is 0 Å². The SMILES string of the molecule is CCC.O=[N+]([O-])c1[c-]ccc(C(F)(F)F)c1.[Os+2].[SH-]. The zero-order chi connectivity index (χ0) is 12.8. The topological polar surface area (TPSA) is 43.1 Å². The fraction of sp³-hybridized carbons (Fsp3) is 0.400. The molecule has 0 saturated carbocycles. The number of rotatable bonds is 1. The van der Waals surface area contributed by atoms with E-state index in [1.807, 2.05) is 0 Å². The van der Waals surface area contributed by atoms with Gasteiger partial charge in [-0.2, -0.15) is 25.3 Å². The van der Waals surface area contributed by atoms with Gasteiger partial charge in [0.15, 0.2) is 5.69 Å². The van der Waals surface area contributed by atoms with Crippen molar-refractivity contribution in [2.75, 3.05) is 0 Å². The zero-order valence-corrected chi connectivity index (χ0v) is 13.1. The van der Waals surface area contributed by atoms with Crippen molar-refractivity contribution in [1.29, 1.82) is 0 Å². The van der Waals surface area contributed by atoms with Crippen molar-refractivity contribution in [3.8, 4) is 0 Å². The molecule has 104 valence electrons. The average Bonchev–Trinajstić information content (AvgIpc) is 2.18. The Bertz CT molecular complexity index is 361. The van der Waals surface area contributed by atoms with Crippen LogP contribution in [0, 0.1) is 16.2 Å². The van der Waals surface area contributed by atoms with Crippen molar-refractivity contribution in [3.63, 3.8) is 0 Å². The second-order valence-electron chi connectivity index (χ2n) is 2.92. The van der Waals surface area contributed by atoms with Crippen LogP contribution in [0.5, 0.6) is 0 Å². The zero-order valence-electron chi connectivity index (χ0n) is 9.64. The molecule has 0 bridgehead atoms. The molecule has 0 heterocycles. The summed E-state index contributed by atoms with van der Waals surface area (Å²) in [6, 6.07) is 4.13. The number of thiol groups is 1. The summed E-state index contributed by atoms with van der Waals surface area (Å²) in [7, 11) is 0. The second kappa shape index (κ2) is 10.3. The van der Waals surface area contributed by atoms with Gasteiger partial charge in [-0.25, -0.2) is 0 Å². The van der Waals surface area contributed by atoms with Crippen LogP contribution in [0.1, 0.15) is 25.8 Å². The molecule has 0 spiro atoms. The van der Waals surface area contributed by atoms with Gasteiger partial charge in [0, 0.05) is 4.92 Å². The van der Waals surface area contributed by atoms with Crippen LogP contribution >= 0.6 is 0 Å². The normalized spacial score (nSPS) is 9.17. The molecule has 0 aliphatic heterocycles. The Morgan fingerprint density at radius 2 is 1.83 bits per heavy atom. The first-order chi connectivity index (χ1) is 7.32. The van der Waals surface area contributed by atoms with Gasteiger partial charge in [0.1, 0.15) is 0 Å². The van der Waals surface area contributed by atoms with E-state index in [2.05, 4.69) is 19.9 Å². The minimum Gasteiger partial charge on any atom is -0.813 e. The summed E-state index contributed by atoms with van der Waals surface area (Å²) < 4.78 is 36.0. The van der Waals surface area contributed by atoms with E-state index in [-0.39, 0.29) is 33.3 Å². The predicted octanol–water partition coefficient (Wildman–Crippen LogP) is 3.56. The van der Waals surface area contributed by atoms with Crippen molar-refractivity contribution < 1.29 is 37.9 Å². The Balaban J connectivity index is -0.000000410. The molecular formula is C10H12F3NO2OsS. The van der Waals surface area contributed by atoms with E-state index in [0.717, 1.165) is 12.1 Å². The van der Waals surface area contributed by atoms with E-state index in [4.69, 9.17) is 0 Å². The molecule has 0 saturated heterocycles. The summed E-state index contributed by atoms with van der Waals surface area (Å²) in [4.78, 5) is 9.17. The molecule has 3 nitrogen and oxygen atoms in total. The quantitative estimate of drug-likeness (QED) is 0.213. The van der Waals surface area contributed by atoms with Crippen LogP contribution in [0.25, 0.3) is 0 Å². The first-order valence-electron chi connectivity index (χ1n) is 4.56. The average molecular weight is 458 g/mol. The largest absolute Gasteiger partial charge is 2.00 e. The number of hydrogen-bond acceptors (Lipinski definition) is 3. The van der Waals surface area contributed by atoms with Gasteiger partial charge < -0.3 is 13.5 Å². The van der Waals surface area contributed by atoms with Crippen LogP contribution in [0.15, 0.2) is 18.2 Å². The van der Waals surface area contributed by atoms with Crippen LogP contribution < -0.4 is 0 Å². The molecule has 0 amide bonds. The summed E-state index contributed by atoms with van der Waals surface area (Å²) in [5.74, 6) is 0. The fourth-order valence-electron chi connectivity index (χ4n) is 0.736. The van der Waals surface area contributed by atoms with Gasteiger partial charge in [-0.05, 0) is 5.56 Å². The number of non-ortho nitro benzene ring substituents is 1. The van der Waals surface area contributed by atoms with Crippen molar-refractivity contribution in [1.82, 2.24) is 0 Å². The minimum absolute atomic E-state index is 0. The van der Waals surface area contributed by atoms with Crippen molar-refractivity contribution in [2.45, 2.75) is 26.4 Å². The van der Waals surface area contributed by atoms with Gasteiger partial charge in [0.05, 0.1) is 0 Å². The third-order valence-electron chi connectivity index (χ3n) is 1.31. The van der Waals surface area contributed by atoms with Gasteiger partial charge >= 0.3 is 26.0 Å². The van der Waals surface area contributed by atoms with Gasteiger partial charge in [-0.3, -0.25) is 10.1 Å². The summed E-state index contributed by atoms with van der Waals surface area (Å²) in [6.07, 6.45) is -3.31. The number of alkyl halides is 3. The Morgan fingerprint density at radius 1 is 1.39 bits per heavy atom. The van der Waals surface area contributed by atoms with Crippen molar-refractivity contribution >= 4 is 19.2 Å². The van der Waals surface area contributed by atoms with Crippen molar-refractivity contribution in [2.24, 2.45) is 0 Å². The molecule has 0 N–H and O–H groups in total. The third-order valence-corrected chi connectivity index (χ3v) is 1.31. The van der Waals surface area contributed by atoms with E-state index in [0.29, 0.717) is 6.07 Å². The van der Waals surface area contributed by atoms with Gasteiger partial charge in [-0.15, -0.1) is 6.07 Å². The van der Waals surface area contributed by atoms with Crippen LogP contribution in [0.2, 0.25) is 0 Å². The Kier molecular flexibility index (Phi) is 13.0. The third kappa shape index (κ3) is 8.48. The fourth-order valence-corrected chi connectivity index (χ4v) is 0.736. The first kappa shape index (κ1) is 22.6. The Hall–Kier alpha value is -0.604. The molecular weight excluding hydrogens is 445 g/mol. The summed E-state index contributed by atoms with van der Waals surface area (Å²) in [5, 5.41) is 10.1.